The van der Waals surface area contributed by atoms with E-state index < -0.39 is 0 Å². The van der Waals surface area contributed by atoms with Gasteiger partial charge in [-0.1, -0.05) is 25.6 Å². The smallest absolute Gasteiger partial charge is 0.233 e. The lowest BCUT2D eigenvalue weighted by molar-refractivity contribution is -0.127. The number of furan rings is 1. The van der Waals surface area contributed by atoms with Gasteiger partial charge in [0.15, 0.2) is 5.16 Å². The molecule has 1 saturated heterocycles. The van der Waals surface area contributed by atoms with Crippen molar-refractivity contribution in [3.05, 3.63) is 23.7 Å². The van der Waals surface area contributed by atoms with Crippen LogP contribution in [0, 0.1) is 12.8 Å². The highest BCUT2D eigenvalue weighted by Gasteiger charge is 2.22. The number of ether oxygens (including phenoxy) is 1. The summed E-state index contributed by atoms with van der Waals surface area (Å²) in [6.07, 6.45) is 0. The van der Waals surface area contributed by atoms with Gasteiger partial charge in [0.2, 0.25) is 11.9 Å². The van der Waals surface area contributed by atoms with Crippen molar-refractivity contribution >= 4 is 23.6 Å². The second-order valence-electron chi connectivity index (χ2n) is 7.44. The number of hydrogen-bond acceptors (Lipinski definition) is 7. The summed E-state index contributed by atoms with van der Waals surface area (Å²) in [5, 5.41) is 9.56. The third-order valence-electron chi connectivity index (χ3n) is 4.48. The zero-order valence-electron chi connectivity index (χ0n) is 17.1. The van der Waals surface area contributed by atoms with Crippen molar-refractivity contribution in [3.8, 4) is 0 Å². The number of morpholine rings is 1. The van der Waals surface area contributed by atoms with Crippen LogP contribution in [0.15, 0.2) is 21.7 Å². The summed E-state index contributed by atoms with van der Waals surface area (Å²) >= 11 is 1.44. The molecule has 1 aliphatic rings. The fraction of sp³-hybridized carbons (Fsp3) is 0.632. The second kappa shape index (κ2) is 9.47. The minimum absolute atomic E-state index is 0.0334. The van der Waals surface area contributed by atoms with E-state index in [2.05, 4.69) is 33.5 Å². The maximum Gasteiger partial charge on any atom is 0.233 e. The molecule has 0 radical (unpaired) electrons. The highest BCUT2D eigenvalue weighted by molar-refractivity contribution is 7.99. The molecule has 0 unspecified atom stereocenters. The molecular weight excluding hydrogens is 378 g/mol. The molecule has 0 bridgehead atoms. The number of anilines is 1. The molecular formula is C19H29N5O3S. The first-order valence-corrected chi connectivity index (χ1v) is 10.6. The SMILES string of the molecule is Cc1ccc(CN(C)C(=O)CSc2nnc(N3CCOCC3)n2CC(C)C)o1. The fourth-order valence-corrected chi connectivity index (χ4v) is 3.92. The van der Waals surface area contributed by atoms with E-state index in [-0.39, 0.29) is 5.91 Å². The van der Waals surface area contributed by atoms with Crippen LogP contribution in [-0.2, 0) is 22.6 Å². The molecule has 0 atom stereocenters. The van der Waals surface area contributed by atoms with Gasteiger partial charge in [-0.25, -0.2) is 0 Å². The molecule has 0 aromatic carbocycles. The van der Waals surface area contributed by atoms with E-state index in [9.17, 15) is 4.79 Å². The van der Waals surface area contributed by atoms with Crippen molar-refractivity contribution in [2.45, 2.75) is 39.0 Å². The van der Waals surface area contributed by atoms with Gasteiger partial charge in [-0.2, -0.15) is 0 Å². The molecule has 0 N–H and O–H groups in total. The minimum atomic E-state index is 0.0334. The molecule has 0 saturated carbocycles. The lowest BCUT2D eigenvalue weighted by Crippen LogP contribution is -2.38. The summed E-state index contributed by atoms with van der Waals surface area (Å²) in [4.78, 5) is 16.4. The molecule has 2 aromatic rings. The van der Waals surface area contributed by atoms with Crippen LogP contribution in [0.25, 0.3) is 0 Å². The molecule has 154 valence electrons. The molecule has 0 spiro atoms. The monoisotopic (exact) mass is 407 g/mol. The third-order valence-corrected chi connectivity index (χ3v) is 5.43. The summed E-state index contributed by atoms with van der Waals surface area (Å²) in [5.74, 6) is 3.31. The average Bonchev–Trinajstić information content (AvgIpc) is 3.26. The van der Waals surface area contributed by atoms with Gasteiger partial charge >= 0.3 is 0 Å². The van der Waals surface area contributed by atoms with E-state index in [4.69, 9.17) is 9.15 Å². The maximum atomic E-state index is 12.5. The molecule has 0 aliphatic carbocycles. The predicted molar refractivity (Wildman–Crippen MR) is 109 cm³/mol. The number of carbonyl (C=O) groups excluding carboxylic acids is 1. The first-order chi connectivity index (χ1) is 13.4. The van der Waals surface area contributed by atoms with Crippen LogP contribution in [0.2, 0.25) is 0 Å². The van der Waals surface area contributed by atoms with Crippen molar-refractivity contribution in [2.24, 2.45) is 5.92 Å². The van der Waals surface area contributed by atoms with Gasteiger partial charge in [0.05, 0.1) is 25.5 Å². The van der Waals surface area contributed by atoms with E-state index in [0.717, 1.165) is 42.3 Å². The van der Waals surface area contributed by atoms with Gasteiger partial charge in [-0.3, -0.25) is 9.36 Å². The summed E-state index contributed by atoms with van der Waals surface area (Å²) in [7, 11) is 1.79. The number of carbonyl (C=O) groups is 1. The largest absolute Gasteiger partial charge is 0.464 e. The zero-order chi connectivity index (χ0) is 20.1. The number of amides is 1. The Balaban J connectivity index is 1.63. The fourth-order valence-electron chi connectivity index (χ4n) is 3.04. The van der Waals surface area contributed by atoms with Crippen LogP contribution in [0.5, 0.6) is 0 Å². The number of aromatic nitrogens is 3. The number of rotatable bonds is 8. The maximum absolute atomic E-state index is 12.5. The Kier molecular flexibility index (Phi) is 7.01. The molecule has 28 heavy (non-hydrogen) atoms. The van der Waals surface area contributed by atoms with Crippen molar-refractivity contribution in [3.63, 3.8) is 0 Å². The van der Waals surface area contributed by atoms with Crippen molar-refractivity contribution in [2.75, 3.05) is 44.0 Å². The standard InChI is InChI=1S/C19H29N5O3S/c1-14(2)11-24-18(23-7-9-26-10-8-23)20-21-19(24)28-13-17(25)22(4)12-16-6-5-15(3)27-16/h5-6,14H,7-13H2,1-4H3. The second-order valence-corrected chi connectivity index (χ2v) is 8.38. The summed E-state index contributed by atoms with van der Waals surface area (Å²) in [6, 6.07) is 3.81. The molecule has 3 heterocycles. The highest BCUT2D eigenvalue weighted by atomic mass is 32.2. The van der Waals surface area contributed by atoms with Crippen LogP contribution in [0.3, 0.4) is 0 Å². The zero-order valence-corrected chi connectivity index (χ0v) is 17.9. The highest BCUT2D eigenvalue weighted by Crippen LogP contribution is 2.24. The summed E-state index contributed by atoms with van der Waals surface area (Å²) in [6.45, 7) is 10.5. The Labute approximate surface area is 170 Å². The first-order valence-electron chi connectivity index (χ1n) is 9.62. The van der Waals surface area contributed by atoms with E-state index >= 15 is 0 Å². The van der Waals surface area contributed by atoms with Gasteiger partial charge in [-0.05, 0) is 25.0 Å². The van der Waals surface area contributed by atoms with Gasteiger partial charge in [0.1, 0.15) is 11.5 Å². The number of nitrogens with zero attached hydrogens (tertiary/aromatic N) is 5. The Morgan fingerprint density at radius 2 is 2.04 bits per heavy atom. The van der Waals surface area contributed by atoms with Crippen LogP contribution in [0.4, 0.5) is 5.95 Å². The normalized spacial score (nSPS) is 14.7. The topological polar surface area (TPSA) is 76.6 Å². The van der Waals surface area contributed by atoms with Gasteiger partial charge in [0.25, 0.3) is 0 Å². The van der Waals surface area contributed by atoms with Crippen molar-refractivity contribution in [1.29, 1.82) is 0 Å². The molecule has 1 amide bonds. The molecule has 2 aromatic heterocycles. The quantitative estimate of drug-likeness (QED) is 0.622. The number of aryl methyl sites for hydroxylation is 1. The molecule has 3 rings (SSSR count). The Hall–Kier alpha value is -2.00. The Morgan fingerprint density at radius 3 is 2.68 bits per heavy atom. The Bertz CT molecular complexity index is 782. The third kappa shape index (κ3) is 5.29. The molecule has 8 nitrogen and oxygen atoms in total. The van der Waals surface area contributed by atoms with Gasteiger partial charge in [0, 0.05) is 26.7 Å². The van der Waals surface area contributed by atoms with Crippen molar-refractivity contribution < 1.29 is 13.9 Å². The van der Waals surface area contributed by atoms with E-state index in [1.807, 2.05) is 19.1 Å². The minimum Gasteiger partial charge on any atom is -0.464 e. The van der Waals surface area contributed by atoms with Crippen LogP contribution < -0.4 is 4.90 Å². The number of hydrogen-bond donors (Lipinski definition) is 0. The summed E-state index contributed by atoms with van der Waals surface area (Å²) in [5.41, 5.74) is 0. The lowest BCUT2D eigenvalue weighted by Gasteiger charge is -2.28. The Morgan fingerprint density at radius 1 is 1.29 bits per heavy atom. The predicted octanol–water partition coefficient (Wildman–Crippen LogP) is 2.42. The van der Waals surface area contributed by atoms with Gasteiger partial charge < -0.3 is 19.0 Å². The molecule has 1 fully saturated rings. The first kappa shape index (κ1) is 20.7. The van der Waals surface area contributed by atoms with Crippen LogP contribution in [0.1, 0.15) is 25.4 Å². The van der Waals surface area contributed by atoms with Crippen LogP contribution in [-0.4, -0.2) is 64.7 Å². The van der Waals surface area contributed by atoms with E-state index in [1.165, 1.54) is 11.8 Å². The van der Waals surface area contributed by atoms with E-state index in [1.54, 1.807) is 11.9 Å². The number of thioether (sulfide) groups is 1. The van der Waals surface area contributed by atoms with Gasteiger partial charge in [-0.15, -0.1) is 10.2 Å². The molecule has 1 aliphatic heterocycles. The van der Waals surface area contributed by atoms with E-state index in [0.29, 0.717) is 31.4 Å². The molecule has 9 heteroatoms. The van der Waals surface area contributed by atoms with Crippen LogP contribution >= 0.6 is 11.8 Å². The lowest BCUT2D eigenvalue weighted by atomic mass is 10.2. The summed E-state index contributed by atoms with van der Waals surface area (Å²) < 4.78 is 13.1. The van der Waals surface area contributed by atoms with Crippen molar-refractivity contribution in [1.82, 2.24) is 19.7 Å². The average molecular weight is 408 g/mol.